The highest BCUT2D eigenvalue weighted by molar-refractivity contribution is 6.09. The van der Waals surface area contributed by atoms with Crippen LogP contribution in [-0.2, 0) is 4.74 Å². The smallest absolute Gasteiger partial charge is 0.409 e. The fourth-order valence-electron chi connectivity index (χ4n) is 3.23. The molecule has 2 aromatic rings. The Morgan fingerprint density at radius 1 is 1.16 bits per heavy atom. The van der Waals surface area contributed by atoms with E-state index in [1.165, 1.54) is 0 Å². The van der Waals surface area contributed by atoms with E-state index < -0.39 is 0 Å². The van der Waals surface area contributed by atoms with E-state index in [1.54, 1.807) is 23.8 Å². The minimum absolute atomic E-state index is 0.0273. The van der Waals surface area contributed by atoms with Gasteiger partial charge in [0.1, 0.15) is 5.75 Å². The number of nitrogens with zero attached hydrogens (tertiary/aromatic N) is 2. The van der Waals surface area contributed by atoms with Crippen LogP contribution in [0.15, 0.2) is 18.2 Å². The van der Waals surface area contributed by atoms with E-state index in [2.05, 4.69) is 4.98 Å². The summed E-state index contributed by atoms with van der Waals surface area (Å²) in [5.74, 6) is 0.687. The predicted octanol–water partition coefficient (Wildman–Crippen LogP) is 2.40. The Morgan fingerprint density at radius 3 is 2.48 bits per heavy atom. The van der Waals surface area contributed by atoms with Gasteiger partial charge in [-0.05, 0) is 19.9 Å². The molecular formula is C18H23N3O4. The first kappa shape index (κ1) is 17.1. The maximum Gasteiger partial charge on any atom is 0.409 e. The first-order chi connectivity index (χ1) is 12.1. The zero-order chi connectivity index (χ0) is 18.0. The molecule has 2 heterocycles. The molecule has 1 aliphatic rings. The highest BCUT2D eigenvalue weighted by Crippen LogP contribution is 2.30. The van der Waals surface area contributed by atoms with Crippen LogP contribution in [0.1, 0.15) is 23.0 Å². The number of hydrogen-bond acceptors (Lipinski definition) is 4. The third-order valence-electron chi connectivity index (χ3n) is 4.51. The van der Waals surface area contributed by atoms with Crippen molar-refractivity contribution in [1.29, 1.82) is 0 Å². The Balaban J connectivity index is 1.80. The number of nitrogens with one attached hydrogen (secondary N) is 1. The molecule has 0 atom stereocenters. The van der Waals surface area contributed by atoms with Crippen LogP contribution in [0, 0.1) is 6.92 Å². The molecule has 0 saturated carbocycles. The van der Waals surface area contributed by atoms with E-state index >= 15 is 0 Å². The Morgan fingerprint density at radius 2 is 1.84 bits per heavy atom. The van der Waals surface area contributed by atoms with E-state index in [0.717, 1.165) is 16.6 Å². The first-order valence-electron chi connectivity index (χ1n) is 8.43. The highest BCUT2D eigenvalue weighted by atomic mass is 16.6. The number of ether oxygens (including phenoxy) is 2. The molecule has 1 N–H and O–H groups in total. The third-order valence-corrected chi connectivity index (χ3v) is 4.51. The van der Waals surface area contributed by atoms with Crippen molar-refractivity contribution in [3.63, 3.8) is 0 Å². The maximum absolute atomic E-state index is 13.0. The number of aromatic amines is 1. The normalized spacial score (nSPS) is 14.7. The number of carbonyl (C=O) groups is 2. The molecule has 0 unspecified atom stereocenters. The zero-order valence-electron chi connectivity index (χ0n) is 14.8. The first-order valence-corrected chi connectivity index (χ1v) is 8.43. The van der Waals surface area contributed by atoms with Crippen molar-refractivity contribution in [1.82, 2.24) is 14.8 Å². The molecule has 1 aromatic carbocycles. The largest absolute Gasteiger partial charge is 0.495 e. The van der Waals surface area contributed by atoms with Crippen LogP contribution < -0.4 is 4.74 Å². The van der Waals surface area contributed by atoms with Gasteiger partial charge >= 0.3 is 6.09 Å². The van der Waals surface area contributed by atoms with E-state index in [9.17, 15) is 9.59 Å². The summed E-state index contributed by atoms with van der Waals surface area (Å²) in [6.07, 6.45) is -0.317. The third kappa shape index (κ3) is 3.14. The minimum Gasteiger partial charge on any atom is -0.495 e. The number of methoxy groups -OCH3 is 1. The molecule has 1 aromatic heterocycles. The van der Waals surface area contributed by atoms with Gasteiger partial charge in [0.25, 0.3) is 5.91 Å². The van der Waals surface area contributed by atoms with Gasteiger partial charge in [-0.3, -0.25) is 4.79 Å². The van der Waals surface area contributed by atoms with Crippen LogP contribution in [0.2, 0.25) is 0 Å². The zero-order valence-corrected chi connectivity index (χ0v) is 14.8. The number of hydrogen-bond donors (Lipinski definition) is 1. The van der Waals surface area contributed by atoms with Gasteiger partial charge in [0.15, 0.2) is 0 Å². The molecule has 1 saturated heterocycles. The van der Waals surface area contributed by atoms with Crippen molar-refractivity contribution in [2.75, 3.05) is 39.9 Å². The van der Waals surface area contributed by atoms with Crippen molar-refractivity contribution in [3.05, 3.63) is 29.5 Å². The van der Waals surface area contributed by atoms with Gasteiger partial charge in [-0.15, -0.1) is 0 Å². The average Bonchev–Trinajstić information content (AvgIpc) is 2.97. The van der Waals surface area contributed by atoms with E-state index in [4.69, 9.17) is 9.47 Å². The minimum atomic E-state index is -0.317. The van der Waals surface area contributed by atoms with Crippen LogP contribution in [0.3, 0.4) is 0 Å². The molecule has 0 bridgehead atoms. The number of aryl methyl sites for hydroxylation is 1. The summed E-state index contributed by atoms with van der Waals surface area (Å²) >= 11 is 0. The number of carbonyl (C=O) groups excluding carboxylic acids is 2. The molecule has 3 rings (SSSR count). The second kappa shape index (κ2) is 7.04. The summed E-state index contributed by atoms with van der Waals surface area (Å²) in [5, 5.41) is 0.856. The Kier molecular flexibility index (Phi) is 4.83. The molecule has 25 heavy (non-hydrogen) atoms. The molecule has 7 heteroatoms. The number of piperazine rings is 1. The highest BCUT2D eigenvalue weighted by Gasteiger charge is 2.28. The number of para-hydroxylation sites is 1. The SMILES string of the molecule is CCOC(=O)N1CCN(C(=O)c2c(C)[nH]c3c(OC)cccc23)CC1. The Labute approximate surface area is 146 Å². The van der Waals surface area contributed by atoms with E-state index in [1.807, 2.05) is 25.1 Å². The van der Waals surface area contributed by atoms with Crippen LogP contribution >= 0.6 is 0 Å². The quantitative estimate of drug-likeness (QED) is 0.927. The summed E-state index contributed by atoms with van der Waals surface area (Å²) in [5.41, 5.74) is 2.31. The second-order valence-electron chi connectivity index (χ2n) is 5.99. The lowest BCUT2D eigenvalue weighted by molar-refractivity contribution is 0.0571. The Bertz CT molecular complexity index is 791. The van der Waals surface area contributed by atoms with Crippen LogP contribution in [0.5, 0.6) is 5.75 Å². The summed E-state index contributed by atoms with van der Waals surface area (Å²) in [7, 11) is 1.61. The molecular weight excluding hydrogens is 322 g/mol. The molecule has 0 aliphatic carbocycles. The van der Waals surface area contributed by atoms with Crippen molar-refractivity contribution in [3.8, 4) is 5.75 Å². The topological polar surface area (TPSA) is 74.9 Å². The molecule has 0 spiro atoms. The van der Waals surface area contributed by atoms with Gasteiger partial charge in [0, 0.05) is 37.3 Å². The second-order valence-corrected chi connectivity index (χ2v) is 5.99. The maximum atomic E-state index is 13.0. The standard InChI is InChI=1S/C18H23N3O4/c1-4-25-18(23)21-10-8-20(9-11-21)17(22)15-12(2)19-16-13(15)6-5-7-14(16)24-3/h5-7,19H,4,8-11H2,1-3H3. The number of benzene rings is 1. The lowest BCUT2D eigenvalue weighted by atomic mass is 10.1. The number of fused-ring (bicyclic) bond motifs is 1. The van der Waals surface area contributed by atoms with E-state index in [-0.39, 0.29) is 12.0 Å². The summed E-state index contributed by atoms with van der Waals surface area (Å²) < 4.78 is 10.4. The van der Waals surface area contributed by atoms with Crippen molar-refractivity contribution >= 4 is 22.9 Å². The van der Waals surface area contributed by atoms with Crippen molar-refractivity contribution in [2.45, 2.75) is 13.8 Å². The average molecular weight is 345 g/mol. The van der Waals surface area contributed by atoms with Gasteiger partial charge in [0.2, 0.25) is 0 Å². The molecule has 134 valence electrons. The number of amides is 2. The van der Waals surface area contributed by atoms with Gasteiger partial charge in [-0.1, -0.05) is 12.1 Å². The van der Waals surface area contributed by atoms with Crippen LogP contribution in [-0.4, -0.2) is 66.7 Å². The van der Waals surface area contributed by atoms with Crippen molar-refractivity contribution in [2.24, 2.45) is 0 Å². The fourth-order valence-corrected chi connectivity index (χ4v) is 3.23. The van der Waals surface area contributed by atoms with Crippen LogP contribution in [0.25, 0.3) is 10.9 Å². The lowest BCUT2D eigenvalue weighted by Gasteiger charge is -2.34. The number of aromatic nitrogens is 1. The molecule has 2 amide bonds. The van der Waals surface area contributed by atoms with Crippen LogP contribution in [0.4, 0.5) is 4.79 Å². The molecule has 1 aliphatic heterocycles. The summed E-state index contributed by atoms with van der Waals surface area (Å²) in [4.78, 5) is 31.5. The molecule has 0 radical (unpaired) electrons. The monoisotopic (exact) mass is 345 g/mol. The van der Waals surface area contributed by atoms with Gasteiger partial charge in [0.05, 0.1) is 24.8 Å². The summed E-state index contributed by atoms with van der Waals surface area (Å²) in [6.45, 7) is 5.98. The van der Waals surface area contributed by atoms with Crippen molar-refractivity contribution < 1.29 is 19.1 Å². The lowest BCUT2D eigenvalue weighted by Crippen LogP contribution is -2.50. The van der Waals surface area contributed by atoms with Gasteiger partial charge < -0.3 is 24.3 Å². The van der Waals surface area contributed by atoms with E-state index in [0.29, 0.717) is 44.1 Å². The predicted molar refractivity (Wildman–Crippen MR) is 94.1 cm³/mol. The number of rotatable bonds is 3. The molecule has 1 fully saturated rings. The Hall–Kier alpha value is -2.70. The fraction of sp³-hybridized carbons (Fsp3) is 0.444. The van der Waals surface area contributed by atoms with Gasteiger partial charge in [-0.2, -0.15) is 0 Å². The number of H-pyrrole nitrogens is 1. The summed E-state index contributed by atoms with van der Waals surface area (Å²) in [6, 6.07) is 5.66. The van der Waals surface area contributed by atoms with Gasteiger partial charge in [-0.25, -0.2) is 4.79 Å². The molecule has 7 nitrogen and oxygen atoms in total.